The zero-order chi connectivity index (χ0) is 22.8. The fraction of sp³-hybridized carbons (Fsp3) is 0.417. The van der Waals surface area contributed by atoms with Crippen molar-refractivity contribution >= 4 is 22.6 Å². The van der Waals surface area contributed by atoms with Crippen LogP contribution in [-0.2, 0) is 0 Å². The second-order valence-electron chi connectivity index (χ2n) is 8.78. The number of benzene rings is 1. The minimum atomic E-state index is -2.64. The Labute approximate surface area is 190 Å². The predicted octanol–water partition coefficient (Wildman–Crippen LogP) is 3.80. The number of carbonyl (C=O) groups is 1. The molecule has 3 aromatic rings. The third-order valence-electron chi connectivity index (χ3n) is 6.30. The van der Waals surface area contributed by atoms with Crippen LogP contribution >= 0.6 is 0 Å². The molecule has 2 aromatic heterocycles. The fourth-order valence-electron chi connectivity index (χ4n) is 4.26. The number of likely N-dealkylation sites (tertiary alicyclic amines) is 1. The van der Waals surface area contributed by atoms with Crippen LogP contribution in [0.25, 0.3) is 10.9 Å². The Morgan fingerprint density at radius 1 is 1.12 bits per heavy atom. The lowest BCUT2D eigenvalue weighted by molar-refractivity contribution is -0.0632. The summed E-state index contributed by atoms with van der Waals surface area (Å²) in [5.74, 6) is -2.05. The number of nitrogens with one attached hydrogen (secondary N) is 2. The van der Waals surface area contributed by atoms with Crippen molar-refractivity contribution in [3.8, 4) is 0 Å². The molecule has 5 rings (SSSR count). The highest BCUT2D eigenvalue weighted by Gasteiger charge is 2.36. The molecule has 1 atom stereocenters. The summed E-state index contributed by atoms with van der Waals surface area (Å²) in [5, 5.41) is 7.14. The molecule has 1 aliphatic carbocycles. The van der Waals surface area contributed by atoms with Crippen molar-refractivity contribution in [1.29, 1.82) is 0 Å². The highest BCUT2D eigenvalue weighted by Crippen LogP contribution is 2.32. The average Bonchev–Trinajstić information content (AvgIpc) is 3.64. The summed E-state index contributed by atoms with van der Waals surface area (Å²) in [4.78, 5) is 27.9. The number of anilines is 1. The van der Waals surface area contributed by atoms with Crippen molar-refractivity contribution in [2.75, 3.05) is 25.0 Å². The van der Waals surface area contributed by atoms with Gasteiger partial charge in [0.1, 0.15) is 12.1 Å². The van der Waals surface area contributed by atoms with Gasteiger partial charge in [0.2, 0.25) is 0 Å². The van der Waals surface area contributed by atoms with E-state index in [2.05, 4.69) is 25.6 Å². The second kappa shape index (κ2) is 8.97. The van der Waals surface area contributed by atoms with Crippen LogP contribution in [0, 0.1) is 0 Å². The van der Waals surface area contributed by atoms with E-state index in [-0.39, 0.29) is 44.4 Å². The van der Waals surface area contributed by atoms with Crippen LogP contribution in [0.2, 0.25) is 0 Å². The first kappa shape index (κ1) is 21.6. The molecular weight excluding hydrogens is 426 g/mol. The van der Waals surface area contributed by atoms with Crippen LogP contribution in [-0.4, -0.2) is 57.4 Å². The summed E-state index contributed by atoms with van der Waals surface area (Å²) in [5.41, 5.74) is 2.07. The molecule has 2 N–H and O–H groups in total. The molecule has 3 heterocycles. The highest BCUT2D eigenvalue weighted by atomic mass is 19.3. The molecule has 1 aromatic carbocycles. The number of fused-ring (bicyclic) bond motifs is 1. The zero-order valence-corrected chi connectivity index (χ0v) is 18.2. The fourth-order valence-corrected chi connectivity index (χ4v) is 4.26. The van der Waals surface area contributed by atoms with E-state index >= 15 is 0 Å². The summed E-state index contributed by atoms with van der Waals surface area (Å²) in [6, 6.07) is 9.51. The Balaban J connectivity index is 1.33. The monoisotopic (exact) mass is 452 g/mol. The largest absolute Gasteiger partial charge is 0.367 e. The van der Waals surface area contributed by atoms with Gasteiger partial charge in [0.25, 0.3) is 11.8 Å². The van der Waals surface area contributed by atoms with E-state index in [9.17, 15) is 13.6 Å². The summed E-state index contributed by atoms with van der Waals surface area (Å²) in [6.07, 6.45) is 6.70. The molecule has 1 amide bonds. The number of pyridine rings is 1. The third kappa shape index (κ3) is 5.08. The van der Waals surface area contributed by atoms with Crippen LogP contribution < -0.4 is 10.6 Å². The maximum atomic E-state index is 13.7. The van der Waals surface area contributed by atoms with E-state index in [1.165, 1.54) is 6.33 Å². The lowest BCUT2D eigenvalue weighted by Gasteiger charge is -2.37. The van der Waals surface area contributed by atoms with Crippen molar-refractivity contribution < 1.29 is 13.6 Å². The molecular formula is C24H26F2N6O. The molecule has 1 aliphatic heterocycles. The maximum Gasteiger partial charge on any atom is 0.252 e. The van der Waals surface area contributed by atoms with Gasteiger partial charge < -0.3 is 10.6 Å². The van der Waals surface area contributed by atoms with Crippen molar-refractivity contribution in [1.82, 2.24) is 25.2 Å². The molecule has 2 aliphatic rings. The second-order valence-corrected chi connectivity index (χ2v) is 8.78. The van der Waals surface area contributed by atoms with Gasteiger partial charge in [0.05, 0.1) is 11.6 Å². The number of hydrogen-bond donors (Lipinski definition) is 2. The Hall–Kier alpha value is -3.20. The van der Waals surface area contributed by atoms with Gasteiger partial charge in [0, 0.05) is 67.4 Å². The Morgan fingerprint density at radius 3 is 2.61 bits per heavy atom. The summed E-state index contributed by atoms with van der Waals surface area (Å²) in [6.45, 7) is 0.762. The number of halogens is 2. The third-order valence-corrected chi connectivity index (χ3v) is 6.30. The molecule has 2 fully saturated rings. The first-order chi connectivity index (χ1) is 16.0. The SMILES string of the molecule is O=C(NCC(c1cncnc1)N1CCC(F)(F)CC1)c1cccc2nc(NC3CC3)ccc12. The topological polar surface area (TPSA) is 83.0 Å². The highest BCUT2D eigenvalue weighted by molar-refractivity contribution is 6.06. The average molecular weight is 453 g/mol. The number of rotatable bonds is 7. The van der Waals surface area contributed by atoms with Crippen LogP contribution in [0.5, 0.6) is 0 Å². The number of alkyl halides is 2. The molecule has 7 nitrogen and oxygen atoms in total. The number of amides is 1. The molecule has 0 spiro atoms. The minimum absolute atomic E-state index is 0.197. The van der Waals surface area contributed by atoms with Crippen LogP contribution in [0.4, 0.5) is 14.6 Å². The van der Waals surface area contributed by atoms with Crippen LogP contribution in [0.3, 0.4) is 0 Å². The van der Waals surface area contributed by atoms with Crippen molar-refractivity contribution in [2.24, 2.45) is 0 Å². The normalized spacial score (nSPS) is 19.2. The molecule has 33 heavy (non-hydrogen) atoms. The van der Waals surface area contributed by atoms with Crippen molar-refractivity contribution in [3.63, 3.8) is 0 Å². The standard InChI is InChI=1S/C24H26F2N6O/c25-24(26)8-10-32(11-9-24)21(16-12-27-15-28-13-16)14-29-23(33)19-2-1-3-20-18(19)6-7-22(31-20)30-17-4-5-17/h1-3,6-7,12-13,15,17,21H,4-5,8-11,14H2,(H,29,33)(H,30,31). The van der Waals surface area contributed by atoms with Gasteiger partial charge in [-0.15, -0.1) is 0 Å². The van der Waals surface area contributed by atoms with Crippen molar-refractivity contribution in [3.05, 3.63) is 60.2 Å². The number of aromatic nitrogens is 3. The van der Waals surface area contributed by atoms with Gasteiger partial charge in [0.15, 0.2) is 0 Å². The van der Waals surface area contributed by atoms with Gasteiger partial charge in [-0.1, -0.05) is 6.07 Å². The molecule has 0 bridgehead atoms. The van der Waals surface area contributed by atoms with Crippen LogP contribution in [0.1, 0.15) is 47.6 Å². The van der Waals surface area contributed by atoms with E-state index in [0.29, 0.717) is 11.6 Å². The van der Waals surface area contributed by atoms with Crippen LogP contribution in [0.15, 0.2) is 49.1 Å². The molecule has 1 unspecified atom stereocenters. The Kier molecular flexibility index (Phi) is 5.88. The van der Waals surface area contributed by atoms with E-state index < -0.39 is 5.92 Å². The number of hydrogen-bond acceptors (Lipinski definition) is 6. The predicted molar refractivity (Wildman–Crippen MR) is 121 cm³/mol. The van der Waals surface area contributed by atoms with E-state index in [4.69, 9.17) is 0 Å². The number of carbonyl (C=O) groups excluding carboxylic acids is 1. The smallest absolute Gasteiger partial charge is 0.252 e. The Bertz CT molecular complexity index is 1130. The van der Waals surface area contributed by atoms with E-state index in [1.807, 2.05) is 29.2 Å². The summed E-state index contributed by atoms with van der Waals surface area (Å²) in [7, 11) is 0. The summed E-state index contributed by atoms with van der Waals surface area (Å²) >= 11 is 0. The molecule has 172 valence electrons. The number of nitrogens with zero attached hydrogens (tertiary/aromatic N) is 4. The van der Waals surface area contributed by atoms with Gasteiger partial charge >= 0.3 is 0 Å². The summed E-state index contributed by atoms with van der Waals surface area (Å²) < 4.78 is 27.4. The maximum absolute atomic E-state index is 13.7. The first-order valence-corrected chi connectivity index (χ1v) is 11.3. The molecule has 0 radical (unpaired) electrons. The van der Waals surface area contributed by atoms with E-state index in [0.717, 1.165) is 35.1 Å². The van der Waals surface area contributed by atoms with Gasteiger partial charge in [-0.3, -0.25) is 9.69 Å². The number of piperidine rings is 1. The quantitative estimate of drug-likeness (QED) is 0.568. The Morgan fingerprint density at radius 2 is 1.88 bits per heavy atom. The van der Waals surface area contributed by atoms with Gasteiger partial charge in [-0.2, -0.15) is 0 Å². The first-order valence-electron chi connectivity index (χ1n) is 11.3. The van der Waals surface area contributed by atoms with Crippen molar-refractivity contribution in [2.45, 2.75) is 43.7 Å². The lowest BCUT2D eigenvalue weighted by atomic mass is 10.0. The minimum Gasteiger partial charge on any atom is -0.367 e. The van der Waals surface area contributed by atoms with E-state index in [1.54, 1.807) is 18.5 Å². The molecule has 1 saturated carbocycles. The molecule has 9 heteroatoms. The molecule has 1 saturated heterocycles. The van der Waals surface area contributed by atoms with Gasteiger partial charge in [-0.05, 0) is 37.1 Å². The lowest BCUT2D eigenvalue weighted by Crippen LogP contribution is -2.45. The van der Waals surface area contributed by atoms with Gasteiger partial charge in [-0.25, -0.2) is 23.7 Å². The zero-order valence-electron chi connectivity index (χ0n) is 18.2.